The Bertz CT molecular complexity index is 444. The lowest BCUT2D eigenvalue weighted by Gasteiger charge is -2.17. The van der Waals surface area contributed by atoms with Gasteiger partial charge in [-0.25, -0.2) is 0 Å². The fourth-order valence-electron chi connectivity index (χ4n) is 2.51. The molecule has 1 heterocycles. The van der Waals surface area contributed by atoms with Crippen LogP contribution in [0.15, 0.2) is 18.2 Å². The summed E-state index contributed by atoms with van der Waals surface area (Å²) in [6.45, 7) is 9.47. The lowest BCUT2D eigenvalue weighted by Crippen LogP contribution is -2.25. The van der Waals surface area contributed by atoms with Crippen molar-refractivity contribution in [1.29, 1.82) is 0 Å². The predicted octanol–water partition coefficient (Wildman–Crippen LogP) is 3.53. The third-order valence-corrected chi connectivity index (χ3v) is 3.94. The maximum atomic E-state index is 5.92. The molecule has 2 rings (SSSR count). The zero-order valence-corrected chi connectivity index (χ0v) is 14.1. The maximum absolute atomic E-state index is 5.92. The minimum atomic E-state index is 0.197. The zero-order chi connectivity index (χ0) is 15.8. The molecule has 4 nitrogen and oxygen atoms in total. The topological polar surface area (TPSA) is 39.7 Å². The minimum absolute atomic E-state index is 0.197. The van der Waals surface area contributed by atoms with Crippen molar-refractivity contribution in [3.05, 3.63) is 23.8 Å². The van der Waals surface area contributed by atoms with Crippen molar-refractivity contribution in [3.63, 3.8) is 0 Å². The van der Waals surface area contributed by atoms with Gasteiger partial charge in [0, 0.05) is 19.7 Å². The monoisotopic (exact) mass is 307 g/mol. The van der Waals surface area contributed by atoms with Crippen molar-refractivity contribution in [2.24, 2.45) is 0 Å². The number of nitrogens with one attached hydrogen (secondary N) is 1. The van der Waals surface area contributed by atoms with E-state index in [-0.39, 0.29) is 6.10 Å². The lowest BCUT2D eigenvalue weighted by atomic mass is 10.2. The van der Waals surface area contributed by atoms with E-state index in [4.69, 9.17) is 14.2 Å². The molecule has 4 heteroatoms. The molecule has 1 N–H and O–H groups in total. The first-order valence-corrected chi connectivity index (χ1v) is 8.47. The van der Waals surface area contributed by atoms with Crippen LogP contribution in [0.5, 0.6) is 11.5 Å². The first kappa shape index (κ1) is 17.1. The highest BCUT2D eigenvalue weighted by Gasteiger charge is 2.15. The van der Waals surface area contributed by atoms with Gasteiger partial charge in [0.15, 0.2) is 11.5 Å². The van der Waals surface area contributed by atoms with Crippen LogP contribution < -0.4 is 14.8 Å². The van der Waals surface area contributed by atoms with Gasteiger partial charge in [-0.15, -0.1) is 0 Å². The summed E-state index contributed by atoms with van der Waals surface area (Å²) in [4.78, 5) is 0. The van der Waals surface area contributed by atoms with E-state index >= 15 is 0 Å². The van der Waals surface area contributed by atoms with Crippen molar-refractivity contribution < 1.29 is 14.2 Å². The van der Waals surface area contributed by atoms with Gasteiger partial charge in [-0.2, -0.15) is 0 Å². The molecule has 1 aromatic carbocycles. The molecule has 22 heavy (non-hydrogen) atoms. The van der Waals surface area contributed by atoms with Gasteiger partial charge < -0.3 is 19.5 Å². The molecule has 1 aromatic rings. The molecular formula is C18H29NO3. The van der Waals surface area contributed by atoms with Crippen LogP contribution in [0, 0.1) is 0 Å². The molecule has 0 amide bonds. The zero-order valence-electron chi connectivity index (χ0n) is 14.1. The Hall–Kier alpha value is -1.26. The second-order valence-corrected chi connectivity index (χ2v) is 5.82. The first-order chi connectivity index (χ1) is 10.7. The normalized spacial score (nSPS) is 19.1. The predicted molar refractivity (Wildman–Crippen MR) is 88.7 cm³/mol. The van der Waals surface area contributed by atoms with Crippen molar-refractivity contribution in [3.8, 4) is 11.5 Å². The van der Waals surface area contributed by atoms with Crippen LogP contribution in [0.4, 0.5) is 0 Å². The largest absolute Gasteiger partial charge is 0.490 e. The molecule has 0 spiro atoms. The molecule has 1 aliphatic rings. The summed E-state index contributed by atoms with van der Waals surface area (Å²) in [5.74, 6) is 1.67. The van der Waals surface area contributed by atoms with Crippen LogP contribution >= 0.6 is 0 Å². The molecule has 0 bridgehead atoms. The second-order valence-electron chi connectivity index (χ2n) is 5.82. The molecule has 0 aliphatic carbocycles. The molecule has 0 aromatic heterocycles. The molecule has 2 atom stereocenters. The van der Waals surface area contributed by atoms with Crippen molar-refractivity contribution in [2.45, 2.75) is 58.8 Å². The summed E-state index contributed by atoms with van der Waals surface area (Å²) in [5, 5.41) is 3.46. The number of benzene rings is 1. The van der Waals surface area contributed by atoms with E-state index < -0.39 is 0 Å². The van der Waals surface area contributed by atoms with Crippen molar-refractivity contribution in [1.82, 2.24) is 5.32 Å². The third kappa shape index (κ3) is 5.18. The van der Waals surface area contributed by atoms with Gasteiger partial charge in [0.25, 0.3) is 0 Å². The average Bonchev–Trinajstić information content (AvgIpc) is 3.03. The van der Waals surface area contributed by atoms with E-state index in [1.54, 1.807) is 0 Å². The van der Waals surface area contributed by atoms with Gasteiger partial charge in [-0.1, -0.05) is 13.0 Å². The van der Waals surface area contributed by atoms with Crippen LogP contribution in [-0.4, -0.2) is 32.0 Å². The Balaban J connectivity index is 1.91. The Labute approximate surface area is 134 Å². The van der Waals surface area contributed by atoms with E-state index in [9.17, 15) is 0 Å². The summed E-state index contributed by atoms with van der Waals surface area (Å²) >= 11 is 0. The first-order valence-electron chi connectivity index (χ1n) is 8.47. The molecule has 0 radical (unpaired) electrons. The minimum Gasteiger partial charge on any atom is -0.490 e. The van der Waals surface area contributed by atoms with E-state index in [2.05, 4.69) is 31.3 Å². The summed E-state index contributed by atoms with van der Waals surface area (Å²) in [6.07, 6.45) is 3.90. The quantitative estimate of drug-likeness (QED) is 0.757. The number of ether oxygens (including phenoxy) is 3. The number of hydrogen-bond acceptors (Lipinski definition) is 4. The lowest BCUT2D eigenvalue weighted by molar-refractivity contribution is 0.110. The Morgan fingerprint density at radius 3 is 2.86 bits per heavy atom. The second kappa shape index (κ2) is 9.01. The fraction of sp³-hybridized carbons (Fsp3) is 0.667. The molecule has 0 unspecified atom stereocenters. The summed E-state index contributed by atoms with van der Waals surface area (Å²) < 4.78 is 17.3. The molecule has 1 saturated heterocycles. The third-order valence-electron chi connectivity index (χ3n) is 3.94. The van der Waals surface area contributed by atoms with E-state index in [0.717, 1.165) is 37.6 Å². The van der Waals surface area contributed by atoms with Crippen LogP contribution in [0.3, 0.4) is 0 Å². The molecule has 124 valence electrons. The van der Waals surface area contributed by atoms with E-state index in [1.165, 1.54) is 18.4 Å². The van der Waals surface area contributed by atoms with Crippen LogP contribution in [0.25, 0.3) is 0 Å². The van der Waals surface area contributed by atoms with Crippen molar-refractivity contribution >= 4 is 0 Å². The maximum Gasteiger partial charge on any atom is 0.161 e. The Morgan fingerprint density at radius 1 is 1.32 bits per heavy atom. The Kier molecular flexibility index (Phi) is 7.00. The van der Waals surface area contributed by atoms with Gasteiger partial charge in [0.1, 0.15) is 0 Å². The van der Waals surface area contributed by atoms with Crippen LogP contribution in [0.1, 0.15) is 45.6 Å². The molecule has 0 saturated carbocycles. The van der Waals surface area contributed by atoms with Gasteiger partial charge in [0.2, 0.25) is 0 Å². The Morgan fingerprint density at radius 2 is 2.18 bits per heavy atom. The summed E-state index contributed by atoms with van der Waals surface area (Å²) in [7, 11) is 0. The summed E-state index contributed by atoms with van der Waals surface area (Å²) in [5.41, 5.74) is 1.21. The summed E-state index contributed by atoms with van der Waals surface area (Å²) in [6, 6.07) is 6.19. The van der Waals surface area contributed by atoms with Crippen LogP contribution in [-0.2, 0) is 11.3 Å². The standard InChI is InChI=1S/C18H29NO3/c1-4-14(3)22-17-9-8-15(11-18(17)20-5-2)12-19-13-16-7-6-10-21-16/h8-9,11,14,16,19H,4-7,10,12-13H2,1-3H3/t14-,16-/m0/s1. The molecule has 1 fully saturated rings. The van der Waals surface area contributed by atoms with Crippen molar-refractivity contribution in [2.75, 3.05) is 19.8 Å². The molecule has 1 aliphatic heterocycles. The average molecular weight is 307 g/mol. The fourth-order valence-corrected chi connectivity index (χ4v) is 2.51. The number of hydrogen-bond donors (Lipinski definition) is 1. The molecular weight excluding hydrogens is 278 g/mol. The smallest absolute Gasteiger partial charge is 0.161 e. The van der Waals surface area contributed by atoms with Gasteiger partial charge in [0.05, 0.1) is 18.8 Å². The van der Waals surface area contributed by atoms with Crippen LogP contribution in [0.2, 0.25) is 0 Å². The highest BCUT2D eigenvalue weighted by molar-refractivity contribution is 5.43. The highest BCUT2D eigenvalue weighted by Crippen LogP contribution is 2.29. The SMILES string of the molecule is CCOc1cc(CNC[C@@H]2CCCO2)ccc1O[C@@H](C)CC. The highest BCUT2D eigenvalue weighted by atomic mass is 16.5. The van der Waals surface area contributed by atoms with Gasteiger partial charge in [-0.3, -0.25) is 0 Å². The van der Waals surface area contributed by atoms with E-state index in [0.29, 0.717) is 12.7 Å². The number of rotatable bonds is 9. The van der Waals surface area contributed by atoms with Gasteiger partial charge >= 0.3 is 0 Å². The van der Waals surface area contributed by atoms with Gasteiger partial charge in [-0.05, 0) is 50.8 Å². The van der Waals surface area contributed by atoms with E-state index in [1.807, 2.05) is 13.0 Å².